The number of hydrogen-bond donors (Lipinski definition) is 3. The van der Waals surface area contributed by atoms with Crippen LogP contribution >= 0.6 is 0 Å². The van der Waals surface area contributed by atoms with E-state index in [9.17, 15) is 5.11 Å². The third kappa shape index (κ3) is 4.19. The zero-order valence-corrected chi connectivity index (χ0v) is 13.9. The molecule has 3 nitrogen and oxygen atoms in total. The third-order valence-electron chi connectivity index (χ3n) is 5.21. The molecule has 1 saturated carbocycles. The lowest BCUT2D eigenvalue weighted by atomic mass is 9.73. The van der Waals surface area contributed by atoms with Crippen molar-refractivity contribution in [3.63, 3.8) is 0 Å². The topological polar surface area (TPSA) is 44.3 Å². The molecule has 0 spiro atoms. The summed E-state index contributed by atoms with van der Waals surface area (Å²) in [5.74, 6) is 0. The fourth-order valence-electron chi connectivity index (χ4n) is 4.52. The first-order valence-corrected chi connectivity index (χ1v) is 8.40. The van der Waals surface area contributed by atoms with Gasteiger partial charge >= 0.3 is 0 Å². The third-order valence-corrected chi connectivity index (χ3v) is 5.21. The summed E-state index contributed by atoms with van der Waals surface area (Å²) < 4.78 is 0. The van der Waals surface area contributed by atoms with Gasteiger partial charge in [-0.15, -0.1) is 0 Å². The van der Waals surface area contributed by atoms with Crippen molar-refractivity contribution in [2.75, 3.05) is 13.2 Å². The maximum absolute atomic E-state index is 9.82. The van der Waals surface area contributed by atoms with Crippen LogP contribution in [-0.2, 0) is 0 Å². The standard InChI is InChI=1S/C17H34N2O/c1-15(2)10-14(11-16(3,4)19-15)18-12-17(13-20)8-6-5-7-9-17/h14,18-20H,5-13H2,1-4H3. The first kappa shape index (κ1) is 16.3. The minimum atomic E-state index is 0.150. The molecular formula is C17H34N2O. The number of rotatable bonds is 4. The van der Waals surface area contributed by atoms with E-state index in [-0.39, 0.29) is 16.5 Å². The molecule has 0 atom stereocenters. The Balaban J connectivity index is 1.92. The molecule has 118 valence electrons. The van der Waals surface area contributed by atoms with Crippen LogP contribution in [0.2, 0.25) is 0 Å². The Morgan fingerprint density at radius 2 is 1.55 bits per heavy atom. The van der Waals surface area contributed by atoms with Gasteiger partial charge in [-0.3, -0.25) is 0 Å². The lowest BCUT2D eigenvalue weighted by Crippen LogP contribution is -2.62. The van der Waals surface area contributed by atoms with E-state index in [4.69, 9.17) is 0 Å². The Labute approximate surface area is 124 Å². The largest absolute Gasteiger partial charge is 0.396 e. The molecular weight excluding hydrogens is 248 g/mol. The van der Waals surface area contributed by atoms with Crippen LogP contribution in [0.15, 0.2) is 0 Å². The Bertz CT molecular complexity index is 303. The highest BCUT2D eigenvalue weighted by Gasteiger charge is 2.39. The quantitative estimate of drug-likeness (QED) is 0.743. The summed E-state index contributed by atoms with van der Waals surface area (Å²) in [4.78, 5) is 0. The van der Waals surface area contributed by atoms with Crippen molar-refractivity contribution in [3.8, 4) is 0 Å². The maximum Gasteiger partial charge on any atom is 0.0499 e. The molecule has 0 aromatic rings. The van der Waals surface area contributed by atoms with Crippen LogP contribution in [0.4, 0.5) is 0 Å². The van der Waals surface area contributed by atoms with Crippen LogP contribution in [-0.4, -0.2) is 35.4 Å². The Hall–Kier alpha value is -0.120. The highest BCUT2D eigenvalue weighted by Crippen LogP contribution is 2.36. The van der Waals surface area contributed by atoms with E-state index >= 15 is 0 Å². The minimum absolute atomic E-state index is 0.150. The number of nitrogens with one attached hydrogen (secondary N) is 2. The summed E-state index contributed by atoms with van der Waals surface area (Å²) in [6.45, 7) is 10.5. The van der Waals surface area contributed by atoms with Crippen LogP contribution in [0.5, 0.6) is 0 Å². The zero-order valence-electron chi connectivity index (χ0n) is 13.9. The molecule has 0 unspecified atom stereocenters. The molecule has 2 rings (SSSR count). The van der Waals surface area contributed by atoms with Gasteiger partial charge in [0.2, 0.25) is 0 Å². The van der Waals surface area contributed by atoms with Gasteiger partial charge in [0.05, 0.1) is 0 Å². The normalized spacial score (nSPS) is 29.2. The average molecular weight is 282 g/mol. The Morgan fingerprint density at radius 3 is 2.05 bits per heavy atom. The molecule has 1 aliphatic carbocycles. The number of piperidine rings is 1. The molecule has 1 aliphatic heterocycles. The predicted molar refractivity (Wildman–Crippen MR) is 84.9 cm³/mol. The van der Waals surface area contributed by atoms with Gasteiger partial charge < -0.3 is 15.7 Å². The molecule has 1 heterocycles. The minimum Gasteiger partial charge on any atom is -0.396 e. The fraction of sp³-hybridized carbons (Fsp3) is 1.00. The molecule has 0 aromatic carbocycles. The van der Waals surface area contributed by atoms with Crippen molar-refractivity contribution in [2.45, 2.75) is 89.8 Å². The van der Waals surface area contributed by atoms with E-state index in [0.717, 1.165) is 19.4 Å². The molecule has 0 bridgehead atoms. The van der Waals surface area contributed by atoms with E-state index < -0.39 is 0 Å². The predicted octanol–water partition coefficient (Wildman–Crippen LogP) is 2.83. The van der Waals surface area contributed by atoms with Crippen LogP contribution in [0.3, 0.4) is 0 Å². The van der Waals surface area contributed by atoms with Crippen LogP contribution < -0.4 is 10.6 Å². The second-order valence-corrected chi connectivity index (χ2v) is 8.60. The van der Waals surface area contributed by atoms with E-state index in [2.05, 4.69) is 38.3 Å². The summed E-state index contributed by atoms with van der Waals surface area (Å²) in [6, 6.07) is 0.562. The lowest BCUT2D eigenvalue weighted by molar-refractivity contribution is 0.0680. The van der Waals surface area contributed by atoms with Gasteiger partial charge in [0, 0.05) is 35.7 Å². The number of aliphatic hydroxyl groups is 1. The SMILES string of the molecule is CC1(C)CC(NCC2(CO)CCCCC2)CC(C)(C)N1. The maximum atomic E-state index is 9.82. The van der Waals surface area contributed by atoms with Gasteiger partial charge in [0.25, 0.3) is 0 Å². The molecule has 1 saturated heterocycles. The van der Waals surface area contributed by atoms with Crippen molar-refractivity contribution in [1.29, 1.82) is 0 Å². The van der Waals surface area contributed by atoms with Crippen molar-refractivity contribution in [3.05, 3.63) is 0 Å². The van der Waals surface area contributed by atoms with E-state index in [1.807, 2.05) is 0 Å². The van der Waals surface area contributed by atoms with Crippen LogP contribution in [0.25, 0.3) is 0 Å². The van der Waals surface area contributed by atoms with E-state index in [1.54, 1.807) is 0 Å². The first-order valence-electron chi connectivity index (χ1n) is 8.40. The van der Waals surface area contributed by atoms with E-state index in [0.29, 0.717) is 12.6 Å². The molecule has 2 fully saturated rings. The average Bonchev–Trinajstić information content (AvgIpc) is 2.34. The van der Waals surface area contributed by atoms with Gasteiger partial charge in [-0.25, -0.2) is 0 Å². The molecule has 20 heavy (non-hydrogen) atoms. The summed E-state index contributed by atoms with van der Waals surface area (Å²) in [6.07, 6.45) is 8.62. The van der Waals surface area contributed by atoms with Crippen LogP contribution in [0.1, 0.15) is 72.6 Å². The van der Waals surface area contributed by atoms with Crippen molar-refractivity contribution in [1.82, 2.24) is 10.6 Å². The summed E-state index contributed by atoms with van der Waals surface area (Å²) in [5.41, 5.74) is 0.536. The highest BCUT2D eigenvalue weighted by atomic mass is 16.3. The molecule has 3 heteroatoms. The van der Waals surface area contributed by atoms with Crippen molar-refractivity contribution < 1.29 is 5.11 Å². The molecule has 3 N–H and O–H groups in total. The van der Waals surface area contributed by atoms with Crippen molar-refractivity contribution >= 4 is 0 Å². The smallest absolute Gasteiger partial charge is 0.0499 e. The molecule has 0 aromatic heterocycles. The van der Waals surface area contributed by atoms with Crippen molar-refractivity contribution in [2.24, 2.45) is 5.41 Å². The van der Waals surface area contributed by atoms with Gasteiger partial charge in [-0.1, -0.05) is 19.3 Å². The first-order chi connectivity index (χ1) is 9.26. The van der Waals surface area contributed by atoms with Gasteiger partial charge in [-0.05, 0) is 53.4 Å². The second-order valence-electron chi connectivity index (χ2n) is 8.60. The van der Waals surface area contributed by atoms with Gasteiger partial charge in [-0.2, -0.15) is 0 Å². The Kier molecular flexibility index (Phi) is 4.83. The molecule has 0 amide bonds. The summed E-state index contributed by atoms with van der Waals surface area (Å²) in [5, 5.41) is 17.4. The highest BCUT2D eigenvalue weighted by molar-refractivity contribution is 5.00. The molecule has 2 aliphatic rings. The fourth-order valence-corrected chi connectivity index (χ4v) is 4.52. The second kappa shape index (κ2) is 5.94. The number of hydrogen-bond acceptors (Lipinski definition) is 3. The lowest BCUT2D eigenvalue weighted by Gasteiger charge is -2.48. The summed E-state index contributed by atoms with van der Waals surface area (Å²) >= 11 is 0. The van der Waals surface area contributed by atoms with E-state index in [1.165, 1.54) is 32.1 Å². The van der Waals surface area contributed by atoms with Crippen LogP contribution in [0, 0.1) is 5.41 Å². The van der Waals surface area contributed by atoms with Gasteiger partial charge in [0.15, 0.2) is 0 Å². The molecule has 0 radical (unpaired) electrons. The zero-order chi connectivity index (χ0) is 14.9. The van der Waals surface area contributed by atoms with Gasteiger partial charge in [0.1, 0.15) is 0 Å². The monoisotopic (exact) mass is 282 g/mol. The summed E-state index contributed by atoms with van der Waals surface area (Å²) in [7, 11) is 0. The Morgan fingerprint density at radius 1 is 1.00 bits per heavy atom. The number of aliphatic hydroxyl groups excluding tert-OH is 1.